The van der Waals surface area contributed by atoms with Crippen LogP contribution in [0, 0.1) is 5.92 Å². The number of sulfonamides is 1. The maximum absolute atomic E-state index is 13.3. The van der Waals surface area contributed by atoms with Crippen LogP contribution in [0.2, 0.25) is 0 Å². The fourth-order valence-electron chi connectivity index (χ4n) is 4.07. The number of carbonyl (C=O) groups excluding carboxylic acids is 2. The van der Waals surface area contributed by atoms with Crippen LogP contribution in [0.4, 0.5) is 0 Å². The lowest BCUT2D eigenvalue weighted by atomic mass is 10.0. The summed E-state index contributed by atoms with van der Waals surface area (Å²) < 4.78 is 31.0. The monoisotopic (exact) mass is 404 g/mol. The number of nitrogens with zero attached hydrogens (tertiary/aromatic N) is 2. The van der Waals surface area contributed by atoms with Crippen LogP contribution in [-0.2, 0) is 24.3 Å². The maximum atomic E-state index is 13.3. The SMILES string of the molecule is CNC(C)C(=O)NC(C(=O)N1CCC2C1C(C)CN2S(C)(=O)=O)C(C)OC. The minimum absolute atomic E-state index is 0.0293. The van der Waals surface area contributed by atoms with Crippen molar-refractivity contribution in [1.29, 1.82) is 0 Å². The molecule has 0 aromatic carbocycles. The quantitative estimate of drug-likeness (QED) is 0.563. The number of methoxy groups -OCH3 is 1. The number of amides is 2. The fraction of sp³-hybridized carbons (Fsp3) is 0.882. The first-order valence-electron chi connectivity index (χ1n) is 9.30. The number of rotatable bonds is 7. The van der Waals surface area contributed by atoms with Gasteiger partial charge in [0.1, 0.15) is 6.04 Å². The summed E-state index contributed by atoms with van der Waals surface area (Å²) in [4.78, 5) is 27.3. The molecule has 0 radical (unpaired) electrons. The van der Waals surface area contributed by atoms with Gasteiger partial charge in [0.2, 0.25) is 21.8 Å². The van der Waals surface area contributed by atoms with E-state index in [2.05, 4.69) is 10.6 Å². The fourth-order valence-corrected chi connectivity index (χ4v) is 5.30. The first kappa shape index (κ1) is 22.1. The third-order valence-electron chi connectivity index (χ3n) is 5.78. The molecule has 2 amide bonds. The maximum Gasteiger partial charge on any atom is 0.248 e. The highest BCUT2D eigenvalue weighted by Crippen LogP contribution is 2.37. The summed E-state index contributed by atoms with van der Waals surface area (Å²) in [7, 11) is -0.153. The standard InChI is InChI=1S/C17H32N4O5S/c1-10-9-21(27(6,24)25)13-7-8-20(15(10)13)17(23)14(12(3)26-5)19-16(22)11(2)18-4/h10-15,18H,7-9H2,1-6H3,(H,19,22). The van der Waals surface area contributed by atoms with Crippen LogP contribution >= 0.6 is 0 Å². The van der Waals surface area contributed by atoms with Gasteiger partial charge < -0.3 is 20.3 Å². The molecule has 10 heteroatoms. The molecule has 2 N–H and O–H groups in total. The lowest BCUT2D eigenvalue weighted by Crippen LogP contribution is -2.58. The van der Waals surface area contributed by atoms with Crippen LogP contribution in [0.15, 0.2) is 0 Å². The van der Waals surface area contributed by atoms with Gasteiger partial charge in [0, 0.05) is 26.2 Å². The lowest BCUT2D eigenvalue weighted by Gasteiger charge is -2.33. The summed E-state index contributed by atoms with van der Waals surface area (Å²) in [5.41, 5.74) is 0. The van der Waals surface area contributed by atoms with E-state index in [1.807, 2.05) is 6.92 Å². The van der Waals surface area contributed by atoms with Gasteiger partial charge in [-0.3, -0.25) is 9.59 Å². The van der Waals surface area contributed by atoms with Crippen LogP contribution in [0.5, 0.6) is 0 Å². The van der Waals surface area contributed by atoms with Gasteiger partial charge in [-0.15, -0.1) is 0 Å². The number of ether oxygens (including phenoxy) is 1. The highest BCUT2D eigenvalue weighted by molar-refractivity contribution is 7.88. The van der Waals surface area contributed by atoms with Crippen LogP contribution in [0.1, 0.15) is 27.2 Å². The van der Waals surface area contributed by atoms with E-state index < -0.39 is 28.2 Å². The zero-order valence-electron chi connectivity index (χ0n) is 16.9. The van der Waals surface area contributed by atoms with E-state index in [4.69, 9.17) is 4.74 Å². The van der Waals surface area contributed by atoms with Crippen LogP contribution in [0.3, 0.4) is 0 Å². The first-order valence-corrected chi connectivity index (χ1v) is 11.2. The summed E-state index contributed by atoms with van der Waals surface area (Å²) in [5, 5.41) is 5.63. The van der Waals surface area contributed by atoms with Crippen molar-refractivity contribution in [3.8, 4) is 0 Å². The van der Waals surface area contributed by atoms with E-state index in [0.29, 0.717) is 19.5 Å². The zero-order valence-corrected chi connectivity index (χ0v) is 17.7. The summed E-state index contributed by atoms with van der Waals surface area (Å²) in [6, 6.07) is -1.65. The molecule has 2 rings (SSSR count). The minimum Gasteiger partial charge on any atom is -0.379 e. The van der Waals surface area contributed by atoms with Gasteiger partial charge in [-0.2, -0.15) is 4.31 Å². The molecule has 0 saturated carbocycles. The van der Waals surface area contributed by atoms with Gasteiger partial charge in [0.25, 0.3) is 0 Å². The van der Waals surface area contributed by atoms with E-state index in [1.54, 1.807) is 25.8 Å². The second kappa shape index (κ2) is 8.42. The molecule has 0 aliphatic carbocycles. The van der Waals surface area contributed by atoms with Crippen molar-refractivity contribution in [3.63, 3.8) is 0 Å². The van der Waals surface area contributed by atoms with Gasteiger partial charge in [-0.05, 0) is 33.2 Å². The Labute approximate surface area is 161 Å². The van der Waals surface area contributed by atoms with Crippen molar-refractivity contribution >= 4 is 21.8 Å². The van der Waals surface area contributed by atoms with Gasteiger partial charge in [0.05, 0.1) is 24.4 Å². The third kappa shape index (κ3) is 4.44. The Balaban J connectivity index is 2.22. The predicted octanol–water partition coefficient (Wildman–Crippen LogP) is -1.01. The lowest BCUT2D eigenvalue weighted by molar-refractivity contribution is -0.141. The van der Waals surface area contributed by atoms with Crippen LogP contribution < -0.4 is 10.6 Å². The molecule has 0 bridgehead atoms. The molecule has 9 nitrogen and oxygen atoms in total. The van der Waals surface area contributed by atoms with Crippen LogP contribution in [0.25, 0.3) is 0 Å². The number of hydrogen-bond acceptors (Lipinski definition) is 6. The second-order valence-electron chi connectivity index (χ2n) is 7.63. The normalized spacial score (nSPS) is 29.3. The molecular weight excluding hydrogens is 372 g/mol. The van der Waals surface area contributed by atoms with Crippen molar-refractivity contribution in [2.24, 2.45) is 5.92 Å². The van der Waals surface area contributed by atoms with Crippen molar-refractivity contribution in [1.82, 2.24) is 19.8 Å². The molecule has 6 atom stereocenters. The molecule has 2 fully saturated rings. The number of carbonyl (C=O) groups is 2. The number of hydrogen-bond donors (Lipinski definition) is 2. The zero-order chi connectivity index (χ0) is 20.5. The average molecular weight is 405 g/mol. The number of nitrogens with one attached hydrogen (secondary N) is 2. The van der Waals surface area contributed by atoms with Gasteiger partial charge in [-0.1, -0.05) is 6.92 Å². The molecule has 0 aromatic heterocycles. The molecule has 2 saturated heterocycles. The van der Waals surface area contributed by atoms with E-state index >= 15 is 0 Å². The molecule has 27 heavy (non-hydrogen) atoms. The van der Waals surface area contributed by atoms with E-state index in [0.717, 1.165) is 0 Å². The number of likely N-dealkylation sites (N-methyl/N-ethyl adjacent to an activating group) is 1. The molecule has 0 spiro atoms. The Morgan fingerprint density at radius 1 is 1.26 bits per heavy atom. The van der Waals surface area contributed by atoms with E-state index in [-0.39, 0.29) is 29.8 Å². The molecule has 156 valence electrons. The Bertz CT molecular complexity index is 670. The Morgan fingerprint density at radius 2 is 1.89 bits per heavy atom. The summed E-state index contributed by atoms with van der Waals surface area (Å²) in [6.45, 7) is 6.29. The molecule has 2 heterocycles. The topological polar surface area (TPSA) is 108 Å². The predicted molar refractivity (Wildman–Crippen MR) is 102 cm³/mol. The van der Waals surface area contributed by atoms with Gasteiger partial charge >= 0.3 is 0 Å². The molecule has 0 aromatic rings. The molecule has 2 aliphatic rings. The largest absolute Gasteiger partial charge is 0.379 e. The van der Waals surface area contributed by atoms with Crippen molar-refractivity contribution < 1.29 is 22.7 Å². The van der Waals surface area contributed by atoms with Crippen LogP contribution in [-0.4, -0.2) is 93.2 Å². The average Bonchev–Trinajstić information content (AvgIpc) is 3.18. The van der Waals surface area contributed by atoms with E-state index in [1.165, 1.54) is 17.7 Å². The molecular formula is C17H32N4O5S. The Hall–Kier alpha value is -1.23. The highest BCUT2D eigenvalue weighted by atomic mass is 32.2. The third-order valence-corrected chi connectivity index (χ3v) is 7.05. The summed E-state index contributed by atoms with van der Waals surface area (Å²) in [6.07, 6.45) is 1.30. The van der Waals surface area contributed by atoms with Gasteiger partial charge in [-0.25, -0.2) is 8.42 Å². The van der Waals surface area contributed by atoms with E-state index in [9.17, 15) is 18.0 Å². The van der Waals surface area contributed by atoms with Crippen molar-refractivity contribution in [2.45, 2.75) is 57.5 Å². The smallest absolute Gasteiger partial charge is 0.248 e. The summed E-state index contributed by atoms with van der Waals surface area (Å²) in [5.74, 6) is -0.481. The number of likely N-dealkylation sites (tertiary alicyclic amines) is 1. The summed E-state index contributed by atoms with van der Waals surface area (Å²) >= 11 is 0. The Morgan fingerprint density at radius 3 is 2.41 bits per heavy atom. The minimum atomic E-state index is -3.32. The molecule has 2 aliphatic heterocycles. The number of fused-ring (bicyclic) bond motifs is 1. The van der Waals surface area contributed by atoms with Crippen molar-refractivity contribution in [2.75, 3.05) is 33.5 Å². The first-order chi connectivity index (χ1) is 12.5. The van der Waals surface area contributed by atoms with Crippen molar-refractivity contribution in [3.05, 3.63) is 0 Å². The Kier molecular flexibility index (Phi) is 6.88. The molecule has 6 unspecified atom stereocenters. The second-order valence-corrected chi connectivity index (χ2v) is 9.56. The van der Waals surface area contributed by atoms with Gasteiger partial charge in [0.15, 0.2) is 0 Å². The highest BCUT2D eigenvalue weighted by Gasteiger charge is 2.52.